The van der Waals surface area contributed by atoms with Crippen LogP contribution in [0.3, 0.4) is 0 Å². The average molecular weight is 269 g/mol. The molecular weight excluding hydrogens is 250 g/mol. The molecule has 0 aliphatic heterocycles. The molecule has 0 saturated heterocycles. The van der Waals surface area contributed by atoms with Crippen molar-refractivity contribution in [2.24, 2.45) is 0 Å². The number of rotatable bonds is 5. The SMILES string of the molecule is CCC(=O)N(Cc1ccc(OC)cc1)c1ccccc1. The summed E-state index contributed by atoms with van der Waals surface area (Å²) in [5.41, 5.74) is 2.01. The van der Waals surface area contributed by atoms with Crippen LogP contribution in [0.1, 0.15) is 18.9 Å². The summed E-state index contributed by atoms with van der Waals surface area (Å²) in [6.45, 7) is 2.45. The number of hydrogen-bond acceptors (Lipinski definition) is 2. The summed E-state index contributed by atoms with van der Waals surface area (Å²) in [7, 11) is 1.64. The van der Waals surface area contributed by atoms with Crippen LogP contribution in [0.2, 0.25) is 0 Å². The van der Waals surface area contributed by atoms with Crippen LogP contribution >= 0.6 is 0 Å². The molecule has 1 amide bonds. The Kier molecular flexibility index (Phi) is 4.77. The summed E-state index contributed by atoms with van der Waals surface area (Å²) in [5, 5.41) is 0. The first-order valence-electron chi connectivity index (χ1n) is 6.73. The monoisotopic (exact) mass is 269 g/mol. The molecule has 0 N–H and O–H groups in total. The molecule has 0 saturated carbocycles. The third-order valence-electron chi connectivity index (χ3n) is 3.17. The molecule has 0 unspecified atom stereocenters. The van der Waals surface area contributed by atoms with Crippen LogP contribution in [-0.2, 0) is 11.3 Å². The van der Waals surface area contributed by atoms with Gasteiger partial charge < -0.3 is 9.64 Å². The second kappa shape index (κ2) is 6.75. The van der Waals surface area contributed by atoms with E-state index in [1.807, 2.05) is 66.4 Å². The normalized spacial score (nSPS) is 10.1. The Morgan fingerprint density at radius 3 is 2.25 bits per heavy atom. The van der Waals surface area contributed by atoms with Crippen molar-refractivity contribution in [2.75, 3.05) is 12.0 Å². The predicted octanol–water partition coefficient (Wildman–Crippen LogP) is 3.64. The Labute approximate surface area is 119 Å². The van der Waals surface area contributed by atoms with E-state index in [1.54, 1.807) is 7.11 Å². The number of benzene rings is 2. The molecule has 0 spiro atoms. The molecule has 0 fully saturated rings. The zero-order valence-corrected chi connectivity index (χ0v) is 11.9. The first kappa shape index (κ1) is 14.1. The number of hydrogen-bond donors (Lipinski definition) is 0. The highest BCUT2D eigenvalue weighted by Crippen LogP contribution is 2.19. The standard InChI is InChI=1S/C17H19NO2/c1-3-17(19)18(15-7-5-4-6-8-15)13-14-9-11-16(20-2)12-10-14/h4-12H,3,13H2,1-2H3. The minimum Gasteiger partial charge on any atom is -0.497 e. The molecule has 104 valence electrons. The molecule has 0 radical (unpaired) electrons. The third kappa shape index (κ3) is 3.38. The van der Waals surface area contributed by atoms with E-state index >= 15 is 0 Å². The second-order valence-corrected chi connectivity index (χ2v) is 4.52. The summed E-state index contributed by atoms with van der Waals surface area (Å²) in [4.78, 5) is 13.9. The first-order valence-corrected chi connectivity index (χ1v) is 6.73. The Bertz CT molecular complexity index is 549. The van der Waals surface area contributed by atoms with Gasteiger partial charge in [-0.05, 0) is 29.8 Å². The van der Waals surface area contributed by atoms with Crippen LogP contribution in [0.5, 0.6) is 5.75 Å². The predicted molar refractivity (Wildman–Crippen MR) is 80.9 cm³/mol. The Balaban J connectivity index is 2.21. The van der Waals surface area contributed by atoms with Crippen molar-refractivity contribution < 1.29 is 9.53 Å². The van der Waals surface area contributed by atoms with Crippen LogP contribution in [0.4, 0.5) is 5.69 Å². The van der Waals surface area contributed by atoms with E-state index in [1.165, 1.54) is 0 Å². The van der Waals surface area contributed by atoms with E-state index in [-0.39, 0.29) is 5.91 Å². The molecule has 3 nitrogen and oxygen atoms in total. The molecule has 0 aliphatic carbocycles. The maximum Gasteiger partial charge on any atom is 0.227 e. The largest absolute Gasteiger partial charge is 0.497 e. The van der Waals surface area contributed by atoms with Crippen LogP contribution in [0, 0.1) is 0 Å². The van der Waals surface area contributed by atoms with Gasteiger partial charge in [0.15, 0.2) is 0 Å². The van der Waals surface area contributed by atoms with E-state index < -0.39 is 0 Å². The number of carbonyl (C=O) groups excluding carboxylic acids is 1. The molecule has 0 atom stereocenters. The van der Waals surface area contributed by atoms with Gasteiger partial charge in [0.1, 0.15) is 5.75 Å². The number of amides is 1. The van der Waals surface area contributed by atoms with Crippen molar-refractivity contribution >= 4 is 11.6 Å². The van der Waals surface area contributed by atoms with Crippen molar-refractivity contribution in [1.29, 1.82) is 0 Å². The van der Waals surface area contributed by atoms with Crippen molar-refractivity contribution in [3.05, 3.63) is 60.2 Å². The molecule has 2 aromatic rings. The number of carbonyl (C=O) groups is 1. The fourth-order valence-corrected chi connectivity index (χ4v) is 2.04. The third-order valence-corrected chi connectivity index (χ3v) is 3.17. The van der Waals surface area contributed by atoms with E-state index in [4.69, 9.17) is 4.74 Å². The van der Waals surface area contributed by atoms with Crippen molar-refractivity contribution in [3.63, 3.8) is 0 Å². The van der Waals surface area contributed by atoms with E-state index in [0.717, 1.165) is 17.0 Å². The molecule has 2 aromatic carbocycles. The van der Waals surface area contributed by atoms with E-state index in [2.05, 4.69) is 0 Å². The van der Waals surface area contributed by atoms with Crippen LogP contribution in [0.15, 0.2) is 54.6 Å². The van der Waals surface area contributed by atoms with Gasteiger partial charge in [-0.1, -0.05) is 37.3 Å². The van der Waals surface area contributed by atoms with E-state index in [0.29, 0.717) is 13.0 Å². The maximum absolute atomic E-state index is 12.1. The number of anilines is 1. The molecule has 0 aliphatic rings. The summed E-state index contributed by atoms with van der Waals surface area (Å²) in [6.07, 6.45) is 0.491. The fourth-order valence-electron chi connectivity index (χ4n) is 2.04. The van der Waals surface area contributed by atoms with Gasteiger partial charge in [-0.3, -0.25) is 4.79 Å². The molecule has 2 rings (SSSR count). The topological polar surface area (TPSA) is 29.5 Å². The zero-order chi connectivity index (χ0) is 14.4. The van der Waals surface area contributed by atoms with Crippen molar-refractivity contribution in [2.45, 2.75) is 19.9 Å². The summed E-state index contributed by atoms with van der Waals surface area (Å²) in [6, 6.07) is 17.5. The molecule has 0 bridgehead atoms. The summed E-state index contributed by atoms with van der Waals surface area (Å²) >= 11 is 0. The first-order chi connectivity index (χ1) is 9.74. The molecule has 0 aromatic heterocycles. The lowest BCUT2D eigenvalue weighted by molar-refractivity contribution is -0.118. The van der Waals surface area contributed by atoms with Crippen LogP contribution < -0.4 is 9.64 Å². The maximum atomic E-state index is 12.1. The van der Waals surface area contributed by atoms with Gasteiger partial charge in [-0.15, -0.1) is 0 Å². The minimum absolute atomic E-state index is 0.118. The highest BCUT2D eigenvalue weighted by molar-refractivity contribution is 5.93. The lowest BCUT2D eigenvalue weighted by Crippen LogP contribution is -2.29. The Morgan fingerprint density at radius 1 is 1.05 bits per heavy atom. The highest BCUT2D eigenvalue weighted by Gasteiger charge is 2.14. The van der Waals surface area contributed by atoms with Crippen LogP contribution in [-0.4, -0.2) is 13.0 Å². The van der Waals surface area contributed by atoms with Gasteiger partial charge in [0.05, 0.1) is 13.7 Å². The van der Waals surface area contributed by atoms with Crippen LogP contribution in [0.25, 0.3) is 0 Å². The molecular formula is C17H19NO2. The average Bonchev–Trinajstić information content (AvgIpc) is 2.53. The fraction of sp³-hybridized carbons (Fsp3) is 0.235. The molecule has 3 heteroatoms. The van der Waals surface area contributed by atoms with Crippen molar-refractivity contribution in [3.8, 4) is 5.75 Å². The lowest BCUT2D eigenvalue weighted by atomic mass is 10.1. The number of ether oxygens (including phenoxy) is 1. The lowest BCUT2D eigenvalue weighted by Gasteiger charge is -2.22. The highest BCUT2D eigenvalue weighted by atomic mass is 16.5. The molecule has 20 heavy (non-hydrogen) atoms. The van der Waals surface area contributed by atoms with Gasteiger partial charge in [0.2, 0.25) is 5.91 Å². The van der Waals surface area contributed by atoms with Gasteiger partial charge in [-0.2, -0.15) is 0 Å². The second-order valence-electron chi connectivity index (χ2n) is 4.52. The summed E-state index contributed by atoms with van der Waals surface area (Å²) in [5.74, 6) is 0.939. The van der Waals surface area contributed by atoms with Crippen molar-refractivity contribution in [1.82, 2.24) is 0 Å². The zero-order valence-electron chi connectivity index (χ0n) is 11.9. The Morgan fingerprint density at radius 2 is 1.70 bits per heavy atom. The number of para-hydroxylation sites is 1. The number of nitrogens with zero attached hydrogens (tertiary/aromatic N) is 1. The van der Waals surface area contributed by atoms with Gasteiger partial charge >= 0.3 is 0 Å². The quantitative estimate of drug-likeness (QED) is 0.829. The Hall–Kier alpha value is -2.29. The smallest absolute Gasteiger partial charge is 0.227 e. The summed E-state index contributed by atoms with van der Waals surface area (Å²) < 4.78 is 5.15. The van der Waals surface area contributed by atoms with Gasteiger partial charge in [-0.25, -0.2) is 0 Å². The van der Waals surface area contributed by atoms with Gasteiger partial charge in [0, 0.05) is 12.1 Å². The van der Waals surface area contributed by atoms with E-state index in [9.17, 15) is 4.79 Å². The molecule has 0 heterocycles. The van der Waals surface area contributed by atoms with Gasteiger partial charge in [0.25, 0.3) is 0 Å². The minimum atomic E-state index is 0.118. The number of methoxy groups -OCH3 is 1.